The van der Waals surface area contributed by atoms with Gasteiger partial charge in [-0.2, -0.15) is 8.78 Å². The van der Waals surface area contributed by atoms with Gasteiger partial charge in [0.2, 0.25) is 9.84 Å². The Bertz CT molecular complexity index is 979. The number of nitrogens with one attached hydrogen (secondary N) is 2. The monoisotopic (exact) mass is 440 g/mol. The van der Waals surface area contributed by atoms with E-state index < -0.39 is 39.0 Å². The summed E-state index contributed by atoms with van der Waals surface area (Å²) in [4.78, 5) is 23.7. The highest BCUT2D eigenvalue weighted by Crippen LogP contribution is 2.20. The van der Waals surface area contributed by atoms with Crippen LogP contribution in [0.3, 0.4) is 0 Å². The molecule has 0 heterocycles. The fraction of sp³-hybridized carbons (Fsp3) is 0.300. The Morgan fingerprint density at radius 3 is 2.37 bits per heavy atom. The topological polar surface area (TPSA) is 102 Å². The van der Waals surface area contributed by atoms with Crippen LogP contribution in [0.5, 0.6) is 0 Å². The van der Waals surface area contributed by atoms with Crippen LogP contribution in [0.4, 0.5) is 20.2 Å². The second-order valence-electron chi connectivity index (χ2n) is 6.28. The normalized spacial score (nSPS) is 11.2. The molecule has 7 nitrogen and oxygen atoms in total. The molecule has 2 aromatic rings. The van der Waals surface area contributed by atoms with Crippen LogP contribution in [0.25, 0.3) is 0 Å². The SMILES string of the molecule is CCCCNc1ccccc1C(=O)OCC(=O)Nc1ccc(S(=O)(=O)C(F)F)cc1. The molecule has 2 N–H and O–H groups in total. The van der Waals surface area contributed by atoms with E-state index in [1.165, 1.54) is 12.1 Å². The lowest BCUT2D eigenvalue weighted by atomic mass is 10.1. The van der Waals surface area contributed by atoms with Gasteiger partial charge >= 0.3 is 11.7 Å². The minimum absolute atomic E-state index is 0.172. The summed E-state index contributed by atoms with van der Waals surface area (Å²) >= 11 is 0. The molecule has 1 amide bonds. The largest absolute Gasteiger partial charge is 0.452 e. The van der Waals surface area contributed by atoms with Gasteiger partial charge in [-0.05, 0) is 42.8 Å². The molecular weight excluding hydrogens is 418 g/mol. The zero-order valence-electron chi connectivity index (χ0n) is 16.2. The van der Waals surface area contributed by atoms with E-state index in [0.29, 0.717) is 17.8 Å². The summed E-state index contributed by atoms with van der Waals surface area (Å²) in [6, 6.07) is 11.0. The molecule has 0 fully saturated rings. The Labute approximate surface area is 173 Å². The molecule has 0 aliphatic heterocycles. The van der Waals surface area contributed by atoms with Crippen LogP contribution < -0.4 is 10.6 Å². The van der Waals surface area contributed by atoms with E-state index in [1.807, 2.05) is 6.92 Å². The minimum atomic E-state index is -4.71. The third-order valence-corrected chi connectivity index (χ3v) is 5.43. The second-order valence-corrected chi connectivity index (χ2v) is 8.20. The molecule has 0 aliphatic rings. The van der Waals surface area contributed by atoms with E-state index in [2.05, 4.69) is 10.6 Å². The number of alkyl halides is 2. The summed E-state index contributed by atoms with van der Waals surface area (Å²) in [5.41, 5.74) is 1.07. The number of anilines is 2. The molecular formula is C20H22F2N2O5S. The Hall–Kier alpha value is -3.01. The van der Waals surface area contributed by atoms with Crippen molar-refractivity contribution in [3.05, 3.63) is 54.1 Å². The Morgan fingerprint density at radius 1 is 1.07 bits per heavy atom. The molecule has 0 unspecified atom stereocenters. The highest BCUT2D eigenvalue weighted by molar-refractivity contribution is 7.91. The maximum atomic E-state index is 12.5. The van der Waals surface area contributed by atoms with Crippen LogP contribution in [0.2, 0.25) is 0 Å². The van der Waals surface area contributed by atoms with Gasteiger partial charge in [-0.15, -0.1) is 0 Å². The molecule has 30 heavy (non-hydrogen) atoms. The van der Waals surface area contributed by atoms with Gasteiger partial charge < -0.3 is 15.4 Å². The molecule has 0 atom stereocenters. The number of ether oxygens (including phenoxy) is 1. The molecule has 0 bridgehead atoms. The lowest BCUT2D eigenvalue weighted by Crippen LogP contribution is -2.21. The fourth-order valence-electron chi connectivity index (χ4n) is 2.45. The third kappa shape index (κ3) is 6.24. The smallest absolute Gasteiger partial charge is 0.341 e. The molecule has 0 aromatic heterocycles. The second kappa shape index (κ2) is 10.7. The van der Waals surface area contributed by atoms with Crippen molar-refractivity contribution in [3.8, 4) is 0 Å². The van der Waals surface area contributed by atoms with E-state index in [1.54, 1.807) is 24.3 Å². The van der Waals surface area contributed by atoms with Crippen LogP contribution in [-0.2, 0) is 19.4 Å². The number of sulfone groups is 1. The zero-order chi connectivity index (χ0) is 22.1. The number of amides is 1. The van der Waals surface area contributed by atoms with Crippen molar-refractivity contribution in [1.82, 2.24) is 0 Å². The molecule has 0 radical (unpaired) electrons. The molecule has 10 heteroatoms. The van der Waals surface area contributed by atoms with Crippen molar-refractivity contribution >= 4 is 33.1 Å². The van der Waals surface area contributed by atoms with Crippen molar-refractivity contribution in [2.45, 2.75) is 30.4 Å². The van der Waals surface area contributed by atoms with Crippen molar-refractivity contribution in [2.75, 3.05) is 23.8 Å². The first kappa shape index (κ1) is 23.3. The van der Waals surface area contributed by atoms with Gasteiger partial charge in [0.05, 0.1) is 10.5 Å². The molecule has 0 saturated carbocycles. The standard InChI is InChI=1S/C20H22F2N2O5S/c1-2-3-12-23-17-7-5-4-6-16(17)19(26)29-13-18(25)24-14-8-10-15(11-9-14)30(27,28)20(21)22/h4-11,20,23H,2-3,12-13H2,1H3,(H,24,25). The maximum absolute atomic E-state index is 12.5. The number of rotatable bonds is 10. The van der Waals surface area contributed by atoms with Gasteiger partial charge in [0.15, 0.2) is 6.61 Å². The van der Waals surface area contributed by atoms with Crippen LogP contribution in [-0.4, -0.2) is 39.2 Å². The van der Waals surface area contributed by atoms with Gasteiger partial charge in [-0.25, -0.2) is 13.2 Å². The summed E-state index contributed by atoms with van der Waals surface area (Å²) in [5.74, 6) is -4.87. The quantitative estimate of drug-likeness (QED) is 0.432. The summed E-state index contributed by atoms with van der Waals surface area (Å²) in [6.45, 7) is 2.17. The number of benzene rings is 2. The van der Waals surface area contributed by atoms with Gasteiger partial charge in [0, 0.05) is 17.9 Å². The highest BCUT2D eigenvalue weighted by atomic mass is 32.2. The van der Waals surface area contributed by atoms with Gasteiger partial charge in [-0.1, -0.05) is 25.5 Å². The van der Waals surface area contributed by atoms with E-state index in [4.69, 9.17) is 4.74 Å². The van der Waals surface area contributed by atoms with Crippen LogP contribution in [0, 0.1) is 0 Å². The minimum Gasteiger partial charge on any atom is -0.452 e. The van der Waals surface area contributed by atoms with E-state index in [-0.39, 0.29) is 5.69 Å². The van der Waals surface area contributed by atoms with Crippen molar-refractivity contribution < 1.29 is 31.5 Å². The lowest BCUT2D eigenvalue weighted by molar-refractivity contribution is -0.119. The summed E-state index contributed by atoms with van der Waals surface area (Å²) < 4.78 is 52.9. The summed E-state index contributed by atoms with van der Waals surface area (Å²) in [5, 5.41) is 5.54. The number of carbonyl (C=O) groups excluding carboxylic acids is 2. The van der Waals surface area contributed by atoms with E-state index in [9.17, 15) is 26.8 Å². The van der Waals surface area contributed by atoms with Crippen molar-refractivity contribution in [3.63, 3.8) is 0 Å². The number of unbranched alkanes of at least 4 members (excludes halogenated alkanes) is 1. The number of esters is 1. The number of halogens is 2. The lowest BCUT2D eigenvalue weighted by Gasteiger charge is -2.11. The number of carbonyl (C=O) groups is 2. The van der Waals surface area contributed by atoms with E-state index in [0.717, 1.165) is 25.0 Å². The van der Waals surface area contributed by atoms with Crippen molar-refractivity contribution in [1.29, 1.82) is 0 Å². The highest BCUT2D eigenvalue weighted by Gasteiger charge is 2.26. The Balaban J connectivity index is 1.93. The molecule has 2 aromatic carbocycles. The van der Waals surface area contributed by atoms with Gasteiger partial charge in [-0.3, -0.25) is 4.79 Å². The van der Waals surface area contributed by atoms with Crippen LogP contribution in [0.15, 0.2) is 53.4 Å². The Morgan fingerprint density at radius 2 is 1.73 bits per heavy atom. The number of hydrogen-bond acceptors (Lipinski definition) is 6. The molecule has 0 spiro atoms. The van der Waals surface area contributed by atoms with Gasteiger partial charge in [0.25, 0.3) is 5.91 Å². The predicted molar refractivity (Wildman–Crippen MR) is 108 cm³/mol. The maximum Gasteiger partial charge on any atom is 0.341 e. The molecule has 0 aliphatic carbocycles. The van der Waals surface area contributed by atoms with Crippen LogP contribution >= 0.6 is 0 Å². The molecule has 162 valence electrons. The molecule has 0 saturated heterocycles. The van der Waals surface area contributed by atoms with Crippen molar-refractivity contribution in [2.24, 2.45) is 0 Å². The first-order valence-corrected chi connectivity index (χ1v) is 10.7. The number of hydrogen-bond donors (Lipinski definition) is 2. The van der Waals surface area contributed by atoms with Crippen LogP contribution in [0.1, 0.15) is 30.1 Å². The Kier molecular flexibility index (Phi) is 8.28. The van der Waals surface area contributed by atoms with Gasteiger partial charge in [0.1, 0.15) is 0 Å². The zero-order valence-corrected chi connectivity index (χ0v) is 17.0. The summed E-state index contributed by atoms with van der Waals surface area (Å²) in [7, 11) is -4.71. The average Bonchev–Trinajstić information content (AvgIpc) is 2.73. The molecule has 2 rings (SSSR count). The first-order chi connectivity index (χ1) is 14.3. The summed E-state index contributed by atoms with van der Waals surface area (Å²) in [6.07, 6.45) is 1.93. The third-order valence-electron chi connectivity index (χ3n) is 4.03. The number of para-hydroxylation sites is 1. The average molecular weight is 440 g/mol. The van der Waals surface area contributed by atoms with E-state index >= 15 is 0 Å². The fourth-order valence-corrected chi connectivity index (χ4v) is 3.17. The first-order valence-electron chi connectivity index (χ1n) is 9.17. The predicted octanol–water partition coefficient (Wildman–Crippen LogP) is 3.69.